The first-order valence-corrected chi connectivity index (χ1v) is 9.86. The Labute approximate surface area is 187 Å². The van der Waals surface area contributed by atoms with Crippen molar-refractivity contribution in [3.63, 3.8) is 0 Å². The maximum Gasteiger partial charge on any atom is 0.230 e. The molecular weight excluding hydrogens is 439 g/mol. The van der Waals surface area contributed by atoms with Crippen molar-refractivity contribution in [2.24, 2.45) is 0 Å². The maximum atomic E-state index is 14.6. The highest BCUT2D eigenvalue weighted by atomic mass is 19.1. The number of halogens is 3. The van der Waals surface area contributed by atoms with E-state index in [1.54, 1.807) is 12.1 Å². The molecule has 172 valence electrons. The van der Waals surface area contributed by atoms with Crippen LogP contribution in [0.15, 0.2) is 47.2 Å². The third kappa shape index (κ3) is 4.15. The molecule has 0 bridgehead atoms. The number of nitrogens with zero attached hydrogens (tertiary/aromatic N) is 3. The third-order valence-corrected chi connectivity index (χ3v) is 5.23. The number of aromatic nitrogens is 3. The molecule has 0 radical (unpaired) electrons. The molecule has 0 atom stereocenters. The number of fused-ring (bicyclic) bond motifs is 1. The lowest BCUT2D eigenvalue weighted by Crippen LogP contribution is -2.26. The summed E-state index contributed by atoms with van der Waals surface area (Å²) < 4.78 is 62.7. The summed E-state index contributed by atoms with van der Waals surface area (Å²) in [6.45, 7) is -0.518. The zero-order valence-corrected chi connectivity index (χ0v) is 18.1. The van der Waals surface area contributed by atoms with Crippen molar-refractivity contribution in [3.05, 3.63) is 54.3 Å². The van der Waals surface area contributed by atoms with Gasteiger partial charge in [0.2, 0.25) is 5.88 Å². The van der Waals surface area contributed by atoms with Crippen LogP contribution in [-0.4, -0.2) is 42.7 Å². The van der Waals surface area contributed by atoms with Crippen LogP contribution in [0.25, 0.3) is 22.2 Å². The van der Waals surface area contributed by atoms with Gasteiger partial charge in [0, 0.05) is 17.7 Å². The second kappa shape index (κ2) is 8.97. The second-order valence-corrected chi connectivity index (χ2v) is 7.55. The fraction of sp³-hybridized carbons (Fsp3) is 0.261. The average molecular weight is 459 g/mol. The fourth-order valence-corrected chi connectivity index (χ4v) is 3.15. The van der Waals surface area contributed by atoms with Crippen LogP contribution in [0.5, 0.6) is 23.1 Å². The van der Waals surface area contributed by atoms with Crippen LogP contribution in [0.2, 0.25) is 0 Å². The standard InChI is InChI=1S/C23H20F3N3O4/c1-23(10-24,11-25)21-9-16(29-33-21)13-4-5-15(26)18(6-13)32-22-14-7-19(30-2)20(31-3)8-17(14)27-12-28-22/h4-9,12H,10-11H2,1-3H3. The van der Waals surface area contributed by atoms with Crippen molar-refractivity contribution in [2.75, 3.05) is 27.6 Å². The van der Waals surface area contributed by atoms with Gasteiger partial charge in [0.1, 0.15) is 31.1 Å². The first kappa shape index (κ1) is 22.4. The molecule has 0 saturated carbocycles. The van der Waals surface area contributed by atoms with Gasteiger partial charge in [-0.2, -0.15) is 0 Å². The molecule has 0 aliphatic rings. The van der Waals surface area contributed by atoms with Gasteiger partial charge in [-0.25, -0.2) is 23.1 Å². The highest BCUT2D eigenvalue weighted by Crippen LogP contribution is 2.37. The summed E-state index contributed by atoms with van der Waals surface area (Å²) in [4.78, 5) is 8.31. The molecule has 2 heterocycles. The summed E-state index contributed by atoms with van der Waals surface area (Å²) in [5, 5.41) is 4.35. The Morgan fingerprint density at radius 1 is 0.939 bits per heavy atom. The van der Waals surface area contributed by atoms with Gasteiger partial charge in [0.25, 0.3) is 0 Å². The average Bonchev–Trinajstić information content (AvgIpc) is 3.35. The molecule has 0 aliphatic carbocycles. The monoisotopic (exact) mass is 459 g/mol. The topological polar surface area (TPSA) is 79.5 Å². The Balaban J connectivity index is 1.72. The predicted molar refractivity (Wildman–Crippen MR) is 114 cm³/mol. The van der Waals surface area contributed by atoms with Crippen molar-refractivity contribution < 1.29 is 31.9 Å². The highest BCUT2D eigenvalue weighted by molar-refractivity contribution is 5.87. The van der Waals surface area contributed by atoms with Gasteiger partial charge < -0.3 is 18.7 Å². The van der Waals surface area contributed by atoms with Crippen molar-refractivity contribution in [2.45, 2.75) is 12.3 Å². The summed E-state index contributed by atoms with van der Waals surface area (Å²) in [6, 6.07) is 8.75. The Morgan fingerprint density at radius 3 is 2.36 bits per heavy atom. The molecule has 10 heteroatoms. The van der Waals surface area contributed by atoms with Gasteiger partial charge in [-0.3, -0.25) is 0 Å². The summed E-state index contributed by atoms with van der Waals surface area (Å²) in [5.41, 5.74) is -0.224. The van der Waals surface area contributed by atoms with Crippen LogP contribution >= 0.6 is 0 Å². The molecule has 33 heavy (non-hydrogen) atoms. The van der Waals surface area contributed by atoms with Crippen LogP contribution < -0.4 is 14.2 Å². The van der Waals surface area contributed by atoms with Crippen LogP contribution in [0.1, 0.15) is 12.7 Å². The first-order chi connectivity index (χ1) is 15.9. The second-order valence-electron chi connectivity index (χ2n) is 7.55. The van der Waals surface area contributed by atoms with Crippen LogP contribution in [0.3, 0.4) is 0 Å². The van der Waals surface area contributed by atoms with Gasteiger partial charge in [0.05, 0.1) is 30.5 Å². The van der Waals surface area contributed by atoms with E-state index >= 15 is 0 Å². The van der Waals surface area contributed by atoms with Crippen LogP contribution in [0.4, 0.5) is 13.2 Å². The molecule has 0 saturated heterocycles. The molecule has 0 spiro atoms. The van der Waals surface area contributed by atoms with E-state index in [-0.39, 0.29) is 23.1 Å². The lowest BCUT2D eigenvalue weighted by Gasteiger charge is -2.17. The molecule has 7 nitrogen and oxygen atoms in total. The quantitative estimate of drug-likeness (QED) is 0.348. The molecule has 4 rings (SSSR count). The van der Waals surface area contributed by atoms with E-state index < -0.39 is 24.6 Å². The van der Waals surface area contributed by atoms with E-state index in [1.165, 1.54) is 51.7 Å². The normalized spacial score (nSPS) is 11.6. The SMILES string of the molecule is COc1cc2ncnc(Oc3cc(-c4cc(C(C)(CF)CF)on4)ccc3F)c2cc1OC. The van der Waals surface area contributed by atoms with Crippen LogP contribution in [0, 0.1) is 5.82 Å². The molecule has 0 amide bonds. The summed E-state index contributed by atoms with van der Waals surface area (Å²) in [7, 11) is 2.99. The lowest BCUT2D eigenvalue weighted by molar-refractivity contribution is 0.206. The van der Waals surface area contributed by atoms with Gasteiger partial charge in [-0.1, -0.05) is 5.16 Å². The Morgan fingerprint density at radius 2 is 1.67 bits per heavy atom. The van der Waals surface area contributed by atoms with Crippen molar-refractivity contribution >= 4 is 10.9 Å². The van der Waals surface area contributed by atoms with E-state index in [1.807, 2.05) is 0 Å². The number of methoxy groups -OCH3 is 2. The number of hydrogen-bond donors (Lipinski definition) is 0. The minimum absolute atomic E-state index is 0.0529. The Bertz CT molecular complexity index is 1290. The minimum Gasteiger partial charge on any atom is -0.493 e. The lowest BCUT2D eigenvalue weighted by atomic mass is 9.90. The zero-order chi connectivity index (χ0) is 23.6. The zero-order valence-electron chi connectivity index (χ0n) is 18.1. The van der Waals surface area contributed by atoms with Crippen molar-refractivity contribution in [1.82, 2.24) is 15.1 Å². The summed E-state index contributed by atoms with van der Waals surface area (Å²) >= 11 is 0. The maximum absolute atomic E-state index is 14.6. The van der Waals surface area contributed by atoms with E-state index in [4.69, 9.17) is 18.7 Å². The van der Waals surface area contributed by atoms with E-state index in [0.717, 1.165) is 0 Å². The fourth-order valence-electron chi connectivity index (χ4n) is 3.15. The Kier molecular flexibility index (Phi) is 6.08. The van der Waals surface area contributed by atoms with Crippen molar-refractivity contribution in [1.29, 1.82) is 0 Å². The largest absolute Gasteiger partial charge is 0.493 e. The van der Waals surface area contributed by atoms with E-state index in [9.17, 15) is 13.2 Å². The Hall–Kier alpha value is -3.82. The summed E-state index contributed by atoms with van der Waals surface area (Å²) in [6.07, 6.45) is 1.28. The predicted octanol–water partition coefficient (Wildman–Crippen LogP) is 5.43. The molecule has 0 aliphatic heterocycles. The number of hydrogen-bond acceptors (Lipinski definition) is 7. The molecule has 4 aromatic rings. The molecule has 2 aromatic heterocycles. The third-order valence-electron chi connectivity index (χ3n) is 5.23. The number of ether oxygens (including phenoxy) is 3. The summed E-state index contributed by atoms with van der Waals surface area (Å²) in [5.74, 6) is 0.269. The first-order valence-electron chi connectivity index (χ1n) is 9.86. The number of rotatable bonds is 8. The van der Waals surface area contributed by atoms with Gasteiger partial charge in [-0.05, 0) is 31.2 Å². The van der Waals surface area contributed by atoms with E-state index in [2.05, 4.69) is 15.1 Å². The van der Waals surface area contributed by atoms with Gasteiger partial charge in [0.15, 0.2) is 23.1 Å². The molecule has 2 aromatic carbocycles. The van der Waals surface area contributed by atoms with Gasteiger partial charge >= 0.3 is 0 Å². The highest BCUT2D eigenvalue weighted by Gasteiger charge is 2.32. The van der Waals surface area contributed by atoms with Crippen LogP contribution in [-0.2, 0) is 5.41 Å². The number of benzene rings is 2. The minimum atomic E-state index is -1.44. The van der Waals surface area contributed by atoms with Crippen molar-refractivity contribution in [3.8, 4) is 34.4 Å². The van der Waals surface area contributed by atoms with E-state index in [0.29, 0.717) is 28.0 Å². The van der Waals surface area contributed by atoms with Gasteiger partial charge in [-0.15, -0.1) is 0 Å². The molecule has 0 N–H and O–H groups in total. The molecular formula is C23H20F3N3O4. The molecule has 0 unspecified atom stereocenters. The molecule has 0 fully saturated rings. The smallest absolute Gasteiger partial charge is 0.230 e. The number of alkyl halides is 2.